The third-order valence-electron chi connectivity index (χ3n) is 5.92. The zero-order valence-corrected chi connectivity index (χ0v) is 21.4. The van der Waals surface area contributed by atoms with Crippen LogP contribution in [0.4, 0.5) is 0 Å². The van der Waals surface area contributed by atoms with Crippen molar-refractivity contribution in [1.82, 2.24) is 4.98 Å². The summed E-state index contributed by atoms with van der Waals surface area (Å²) in [4.78, 5) is 28.3. The van der Waals surface area contributed by atoms with Crippen molar-refractivity contribution < 1.29 is 23.4 Å². The second-order valence-corrected chi connectivity index (χ2v) is 8.91. The van der Waals surface area contributed by atoms with Gasteiger partial charge in [0, 0.05) is 17.0 Å². The van der Waals surface area contributed by atoms with E-state index < -0.39 is 5.63 Å². The summed E-state index contributed by atoms with van der Waals surface area (Å²) < 4.78 is 21.6. The number of esters is 1. The average molecular weight is 494 g/mol. The number of carbonyl (C=O) groups is 1. The lowest BCUT2D eigenvalue weighted by Crippen LogP contribution is -2.06. The second kappa shape index (κ2) is 13.5. The molecule has 3 rings (SSSR count). The summed E-state index contributed by atoms with van der Waals surface area (Å²) >= 11 is 0. The molecule has 0 bridgehead atoms. The van der Waals surface area contributed by atoms with Gasteiger partial charge in [0.2, 0.25) is 11.6 Å². The monoisotopic (exact) mass is 493 g/mol. The predicted octanol–water partition coefficient (Wildman–Crippen LogP) is 6.40. The molecule has 0 unspecified atom stereocenters. The lowest BCUT2D eigenvalue weighted by Gasteiger charge is -2.09. The Hall–Kier alpha value is -3.61. The topological polar surface area (TPSA) is 87.9 Å². The predicted molar refractivity (Wildman–Crippen MR) is 141 cm³/mol. The Balaban J connectivity index is 1.41. The molecular weight excluding hydrogens is 458 g/mol. The maximum atomic E-state index is 12.6. The van der Waals surface area contributed by atoms with Crippen molar-refractivity contribution in [2.24, 2.45) is 0 Å². The number of carbonyl (C=O) groups excluding carboxylic acids is 1. The average Bonchev–Trinajstić information content (AvgIpc) is 2.86. The van der Waals surface area contributed by atoms with Crippen molar-refractivity contribution in [3.05, 3.63) is 64.5 Å². The zero-order chi connectivity index (χ0) is 25.9. The van der Waals surface area contributed by atoms with Crippen molar-refractivity contribution in [3.8, 4) is 22.8 Å². The molecular formula is C29H35NO6. The highest BCUT2D eigenvalue weighted by molar-refractivity contribution is 5.86. The molecule has 7 heteroatoms. The van der Waals surface area contributed by atoms with E-state index in [1.807, 2.05) is 31.2 Å². The van der Waals surface area contributed by atoms with Crippen molar-refractivity contribution in [2.75, 3.05) is 20.3 Å². The summed E-state index contributed by atoms with van der Waals surface area (Å²) in [6.07, 6.45) is 7.31. The number of rotatable bonds is 14. The van der Waals surface area contributed by atoms with Crippen LogP contribution in [0.25, 0.3) is 22.2 Å². The summed E-state index contributed by atoms with van der Waals surface area (Å²) in [5, 5.41) is 0.738. The number of benzene rings is 1. The van der Waals surface area contributed by atoms with Crippen LogP contribution in [-0.4, -0.2) is 31.3 Å². The highest BCUT2D eigenvalue weighted by Gasteiger charge is 2.12. The molecule has 0 radical (unpaired) electrons. The van der Waals surface area contributed by atoms with Crippen LogP contribution in [0.5, 0.6) is 11.6 Å². The maximum Gasteiger partial charge on any atom is 0.345 e. The van der Waals surface area contributed by atoms with E-state index in [2.05, 4.69) is 11.6 Å². The quantitative estimate of drug-likeness (QED) is 0.146. The third kappa shape index (κ3) is 7.70. The van der Waals surface area contributed by atoms with Crippen LogP contribution in [-0.2, 0) is 9.53 Å². The van der Waals surface area contributed by atoms with E-state index in [-0.39, 0.29) is 11.7 Å². The summed E-state index contributed by atoms with van der Waals surface area (Å²) in [7, 11) is 1.61. The first kappa shape index (κ1) is 27.0. The Morgan fingerprint density at radius 3 is 2.31 bits per heavy atom. The van der Waals surface area contributed by atoms with Crippen molar-refractivity contribution in [1.29, 1.82) is 0 Å². The van der Waals surface area contributed by atoms with Gasteiger partial charge >= 0.3 is 11.6 Å². The van der Waals surface area contributed by atoms with Gasteiger partial charge in [0.1, 0.15) is 5.75 Å². The molecule has 3 aromatic rings. The number of unbranched alkanes of at least 4 members (excludes halogenated alkanes) is 6. The largest absolute Gasteiger partial charge is 0.497 e. The molecule has 0 atom stereocenters. The molecule has 0 saturated heterocycles. The van der Waals surface area contributed by atoms with Gasteiger partial charge in [-0.1, -0.05) is 44.7 Å². The van der Waals surface area contributed by atoms with Gasteiger partial charge in [-0.3, -0.25) is 0 Å². The van der Waals surface area contributed by atoms with Gasteiger partial charge < -0.3 is 18.6 Å². The normalized spacial score (nSPS) is 10.9. The van der Waals surface area contributed by atoms with Crippen molar-refractivity contribution in [2.45, 2.75) is 58.8 Å². The summed E-state index contributed by atoms with van der Waals surface area (Å²) in [6.45, 7) is 8.17. The highest BCUT2D eigenvalue weighted by atomic mass is 16.5. The molecule has 0 aliphatic carbocycles. The van der Waals surface area contributed by atoms with E-state index in [1.165, 1.54) is 0 Å². The van der Waals surface area contributed by atoms with Gasteiger partial charge in [0.15, 0.2) is 0 Å². The number of nitrogens with zero attached hydrogens (tertiary/aromatic N) is 1. The molecule has 2 aromatic heterocycles. The van der Waals surface area contributed by atoms with Crippen LogP contribution in [0, 0.1) is 6.92 Å². The number of aromatic nitrogens is 1. The highest BCUT2D eigenvalue weighted by Crippen LogP contribution is 2.27. The van der Waals surface area contributed by atoms with Crippen molar-refractivity contribution in [3.63, 3.8) is 0 Å². The van der Waals surface area contributed by atoms with Gasteiger partial charge in [0.05, 0.1) is 25.9 Å². The first-order chi connectivity index (χ1) is 17.4. The molecule has 0 fully saturated rings. The molecule has 0 amide bonds. The number of aryl methyl sites for hydroxylation is 1. The summed E-state index contributed by atoms with van der Waals surface area (Å²) in [6, 6.07) is 11.0. The first-order valence-corrected chi connectivity index (χ1v) is 12.4. The van der Waals surface area contributed by atoms with Crippen LogP contribution < -0.4 is 15.1 Å². The van der Waals surface area contributed by atoms with Gasteiger partial charge in [0.25, 0.3) is 0 Å². The minimum atomic E-state index is -0.436. The van der Waals surface area contributed by atoms with E-state index in [0.29, 0.717) is 30.2 Å². The molecule has 36 heavy (non-hydrogen) atoms. The smallest absolute Gasteiger partial charge is 0.345 e. The number of methoxy groups -OCH3 is 1. The second-order valence-electron chi connectivity index (χ2n) is 8.91. The maximum absolute atomic E-state index is 12.6. The Morgan fingerprint density at radius 2 is 1.64 bits per heavy atom. The minimum absolute atomic E-state index is 0.265. The summed E-state index contributed by atoms with van der Waals surface area (Å²) in [5.41, 5.74) is 2.49. The fourth-order valence-corrected chi connectivity index (χ4v) is 3.87. The van der Waals surface area contributed by atoms with Crippen LogP contribution in [0.1, 0.15) is 57.4 Å². The fraction of sp³-hybridized carbons (Fsp3) is 0.414. The van der Waals surface area contributed by atoms with Gasteiger partial charge in [-0.15, -0.1) is 0 Å². The molecule has 0 N–H and O–H groups in total. The Labute approximate surface area is 212 Å². The van der Waals surface area contributed by atoms with Crippen molar-refractivity contribution >= 4 is 17.1 Å². The van der Waals surface area contributed by atoms with Gasteiger partial charge in [-0.2, -0.15) is 4.98 Å². The van der Waals surface area contributed by atoms with Crippen LogP contribution in [0.2, 0.25) is 0 Å². The SMILES string of the molecule is C=C(C)C(=O)OCCCCCCCCCOc1ccc2cc(-c3ccc(OC)cc3C)c(=O)oc2n1. The molecule has 0 saturated carbocycles. The number of ether oxygens (including phenoxy) is 3. The van der Waals surface area contributed by atoms with Crippen LogP contribution >= 0.6 is 0 Å². The van der Waals surface area contributed by atoms with Crippen LogP contribution in [0.15, 0.2) is 57.8 Å². The molecule has 7 nitrogen and oxygen atoms in total. The van der Waals surface area contributed by atoms with E-state index in [1.54, 1.807) is 26.2 Å². The van der Waals surface area contributed by atoms with Crippen LogP contribution in [0.3, 0.4) is 0 Å². The molecule has 2 heterocycles. The minimum Gasteiger partial charge on any atom is -0.497 e. The molecule has 0 aliphatic rings. The van der Waals surface area contributed by atoms with E-state index >= 15 is 0 Å². The molecule has 192 valence electrons. The lowest BCUT2D eigenvalue weighted by atomic mass is 10.0. The lowest BCUT2D eigenvalue weighted by molar-refractivity contribution is -0.139. The molecule has 0 aliphatic heterocycles. The summed E-state index contributed by atoms with van der Waals surface area (Å²) in [5.74, 6) is 0.874. The number of fused-ring (bicyclic) bond motifs is 1. The first-order valence-electron chi connectivity index (χ1n) is 12.4. The Kier molecular flexibility index (Phi) is 10.1. The van der Waals surface area contributed by atoms with E-state index in [9.17, 15) is 9.59 Å². The molecule has 0 spiro atoms. The Morgan fingerprint density at radius 1 is 0.944 bits per heavy atom. The third-order valence-corrected chi connectivity index (χ3v) is 5.92. The van der Waals surface area contributed by atoms with E-state index in [0.717, 1.165) is 67.2 Å². The van der Waals surface area contributed by atoms with Gasteiger partial charge in [-0.05, 0) is 62.1 Å². The van der Waals surface area contributed by atoms with Gasteiger partial charge in [-0.25, -0.2) is 9.59 Å². The number of hydrogen-bond acceptors (Lipinski definition) is 7. The number of hydrogen-bond donors (Lipinski definition) is 0. The van der Waals surface area contributed by atoms with E-state index in [4.69, 9.17) is 18.6 Å². The molecule has 1 aromatic carbocycles. The fourth-order valence-electron chi connectivity index (χ4n) is 3.87. The number of pyridine rings is 1. The zero-order valence-electron chi connectivity index (χ0n) is 21.4. The Bertz CT molecular complexity index is 1250. The standard InChI is InChI=1S/C29H35NO6/c1-20(2)28(31)35-17-11-9-7-5-6-8-10-16-34-26-15-12-22-19-25(29(32)36-27(22)30-26)24-14-13-23(33-4)18-21(24)3/h12-15,18-19H,1,5-11,16-17H2,2-4H3.